The summed E-state index contributed by atoms with van der Waals surface area (Å²) in [4.78, 5) is 17.4. The Morgan fingerprint density at radius 1 is 1.50 bits per heavy atom. The highest BCUT2D eigenvalue weighted by molar-refractivity contribution is 8.14. The third kappa shape index (κ3) is 2.67. The molecule has 0 radical (unpaired) electrons. The first-order chi connectivity index (χ1) is 8.51. The van der Waals surface area contributed by atoms with E-state index in [1.807, 2.05) is 49.2 Å². The third-order valence-corrected chi connectivity index (χ3v) is 4.51. The molecular weight excluding hydrogens is 248 g/mol. The first-order valence-corrected chi connectivity index (χ1v) is 6.72. The number of aliphatic imine (C=N–C) groups is 1. The van der Waals surface area contributed by atoms with Gasteiger partial charge in [-0.15, -0.1) is 0 Å². The van der Waals surface area contributed by atoms with Crippen molar-refractivity contribution in [2.24, 2.45) is 4.99 Å². The summed E-state index contributed by atoms with van der Waals surface area (Å²) in [5.74, 6) is -0.0208. The maximum absolute atomic E-state index is 10.9. The zero-order valence-electron chi connectivity index (χ0n) is 10.5. The van der Waals surface area contributed by atoms with Crippen molar-refractivity contribution in [2.75, 3.05) is 12.8 Å². The van der Waals surface area contributed by atoms with Gasteiger partial charge in [-0.1, -0.05) is 30.0 Å². The van der Waals surface area contributed by atoms with E-state index in [1.54, 1.807) is 11.8 Å². The number of nitrogens with zero attached hydrogens (tertiary/aromatic N) is 2. The smallest absolute Gasteiger partial charge is 0.305 e. The lowest BCUT2D eigenvalue weighted by Crippen LogP contribution is -2.43. The molecule has 1 atom stereocenters. The number of para-hydroxylation sites is 1. The molecule has 0 aliphatic carbocycles. The van der Waals surface area contributed by atoms with Crippen LogP contribution in [0.3, 0.4) is 0 Å². The lowest BCUT2D eigenvalue weighted by Gasteiger charge is -2.30. The lowest BCUT2D eigenvalue weighted by atomic mass is 9.99. The fourth-order valence-electron chi connectivity index (χ4n) is 1.86. The highest BCUT2D eigenvalue weighted by atomic mass is 32.2. The molecule has 96 valence electrons. The van der Waals surface area contributed by atoms with Gasteiger partial charge in [-0.05, 0) is 19.1 Å². The number of hydrogen-bond acceptors (Lipinski definition) is 3. The maximum atomic E-state index is 10.9. The average Bonchev–Trinajstić information content (AvgIpc) is 2.58. The summed E-state index contributed by atoms with van der Waals surface area (Å²) >= 11 is 1.61. The van der Waals surface area contributed by atoms with Gasteiger partial charge in [0, 0.05) is 12.8 Å². The standard InChI is InChI=1S/C13H16N2O2S/c1-13(8-11(16)17)9-18-12(15(13)2)14-10-6-4-3-5-7-10/h3-7H,8-9H2,1-2H3,(H,16,17). The van der Waals surface area contributed by atoms with Crippen LogP contribution in [0.4, 0.5) is 5.69 Å². The molecule has 0 bridgehead atoms. The van der Waals surface area contributed by atoms with Gasteiger partial charge in [0.2, 0.25) is 0 Å². The fraction of sp³-hybridized carbons (Fsp3) is 0.385. The number of thioether (sulfide) groups is 1. The highest BCUT2D eigenvalue weighted by Crippen LogP contribution is 2.35. The molecule has 1 heterocycles. The van der Waals surface area contributed by atoms with E-state index in [0.717, 1.165) is 16.6 Å². The molecule has 4 nitrogen and oxygen atoms in total. The number of amidine groups is 1. The summed E-state index contributed by atoms with van der Waals surface area (Å²) in [6, 6.07) is 9.71. The first-order valence-electron chi connectivity index (χ1n) is 5.73. The van der Waals surface area contributed by atoms with E-state index in [4.69, 9.17) is 5.11 Å². The molecule has 1 aliphatic heterocycles. The van der Waals surface area contributed by atoms with E-state index in [-0.39, 0.29) is 12.0 Å². The lowest BCUT2D eigenvalue weighted by molar-refractivity contribution is -0.138. The Morgan fingerprint density at radius 3 is 2.78 bits per heavy atom. The van der Waals surface area contributed by atoms with Crippen molar-refractivity contribution in [3.8, 4) is 0 Å². The molecule has 1 N–H and O–H groups in total. The molecule has 0 aromatic heterocycles. The molecule has 1 aromatic rings. The summed E-state index contributed by atoms with van der Waals surface area (Å²) in [7, 11) is 1.91. The van der Waals surface area contributed by atoms with Crippen molar-refractivity contribution in [1.29, 1.82) is 0 Å². The van der Waals surface area contributed by atoms with Crippen molar-refractivity contribution < 1.29 is 9.90 Å². The number of carbonyl (C=O) groups is 1. The number of hydrogen-bond donors (Lipinski definition) is 1. The fourth-order valence-corrected chi connectivity index (χ4v) is 3.18. The van der Waals surface area contributed by atoms with Gasteiger partial charge in [0.25, 0.3) is 0 Å². The van der Waals surface area contributed by atoms with E-state index in [1.165, 1.54) is 0 Å². The zero-order chi connectivity index (χ0) is 13.2. The maximum Gasteiger partial charge on any atom is 0.305 e. The van der Waals surface area contributed by atoms with Crippen LogP contribution in [-0.2, 0) is 4.79 Å². The summed E-state index contributed by atoms with van der Waals surface area (Å²) in [6.07, 6.45) is 0.129. The Morgan fingerprint density at radius 2 is 2.17 bits per heavy atom. The number of aliphatic carboxylic acids is 1. The minimum Gasteiger partial charge on any atom is -0.481 e. The summed E-state index contributed by atoms with van der Waals surface area (Å²) in [5.41, 5.74) is 0.538. The van der Waals surface area contributed by atoms with Crippen LogP contribution < -0.4 is 0 Å². The van der Waals surface area contributed by atoms with E-state index in [2.05, 4.69) is 4.99 Å². The molecule has 0 amide bonds. The van der Waals surface area contributed by atoms with Gasteiger partial charge in [-0.3, -0.25) is 4.79 Å². The third-order valence-electron chi connectivity index (χ3n) is 3.12. The topological polar surface area (TPSA) is 52.9 Å². The van der Waals surface area contributed by atoms with Crippen LogP contribution in [0.15, 0.2) is 35.3 Å². The van der Waals surface area contributed by atoms with Crippen molar-refractivity contribution in [3.05, 3.63) is 30.3 Å². The molecule has 18 heavy (non-hydrogen) atoms. The van der Waals surface area contributed by atoms with Gasteiger partial charge in [0.05, 0.1) is 17.6 Å². The van der Waals surface area contributed by atoms with Crippen LogP contribution in [0.5, 0.6) is 0 Å². The predicted molar refractivity (Wildman–Crippen MR) is 74.4 cm³/mol. The summed E-state index contributed by atoms with van der Waals surface area (Å²) in [6.45, 7) is 1.96. The molecule has 2 rings (SSSR count). The number of benzene rings is 1. The number of rotatable bonds is 3. The van der Waals surface area contributed by atoms with Crippen LogP contribution in [0, 0.1) is 0 Å². The monoisotopic (exact) mass is 264 g/mol. The molecule has 1 saturated heterocycles. The Kier molecular flexibility index (Phi) is 3.61. The van der Waals surface area contributed by atoms with Gasteiger partial charge in [-0.2, -0.15) is 0 Å². The first kappa shape index (κ1) is 13.0. The van der Waals surface area contributed by atoms with Crippen molar-refractivity contribution >= 4 is 28.6 Å². The zero-order valence-corrected chi connectivity index (χ0v) is 11.3. The normalized spacial score (nSPS) is 25.7. The molecule has 1 aliphatic rings. The second-order valence-electron chi connectivity index (χ2n) is 4.65. The number of carboxylic acids is 1. The van der Waals surface area contributed by atoms with Crippen LogP contribution >= 0.6 is 11.8 Å². The van der Waals surface area contributed by atoms with Gasteiger partial charge in [-0.25, -0.2) is 4.99 Å². The van der Waals surface area contributed by atoms with E-state index in [0.29, 0.717) is 0 Å². The second kappa shape index (κ2) is 5.02. The Hall–Kier alpha value is -1.49. The molecule has 0 saturated carbocycles. The van der Waals surface area contributed by atoms with Crippen LogP contribution in [0.25, 0.3) is 0 Å². The second-order valence-corrected chi connectivity index (χ2v) is 5.59. The minimum atomic E-state index is -0.772. The largest absolute Gasteiger partial charge is 0.481 e. The molecular formula is C13H16N2O2S. The molecule has 1 unspecified atom stereocenters. The van der Waals surface area contributed by atoms with Crippen molar-refractivity contribution in [1.82, 2.24) is 4.90 Å². The summed E-state index contributed by atoms with van der Waals surface area (Å²) in [5, 5.41) is 9.84. The van der Waals surface area contributed by atoms with Gasteiger partial charge in [0.1, 0.15) is 0 Å². The van der Waals surface area contributed by atoms with Crippen LogP contribution in [-0.4, -0.2) is 39.5 Å². The van der Waals surface area contributed by atoms with Gasteiger partial charge >= 0.3 is 5.97 Å². The Balaban J connectivity index is 2.19. The van der Waals surface area contributed by atoms with Crippen LogP contribution in [0.1, 0.15) is 13.3 Å². The molecule has 1 fully saturated rings. The van der Waals surface area contributed by atoms with Crippen LogP contribution in [0.2, 0.25) is 0 Å². The van der Waals surface area contributed by atoms with Crippen molar-refractivity contribution in [2.45, 2.75) is 18.9 Å². The Bertz CT molecular complexity index is 475. The van der Waals surface area contributed by atoms with Gasteiger partial charge in [0.15, 0.2) is 5.17 Å². The van der Waals surface area contributed by atoms with Gasteiger partial charge < -0.3 is 10.0 Å². The molecule has 5 heteroatoms. The minimum absolute atomic E-state index is 0.129. The van der Waals surface area contributed by atoms with E-state index in [9.17, 15) is 4.79 Å². The quantitative estimate of drug-likeness (QED) is 0.911. The SMILES string of the molecule is CN1C(=Nc2ccccc2)SCC1(C)CC(=O)O. The van der Waals surface area contributed by atoms with E-state index >= 15 is 0 Å². The molecule has 0 spiro atoms. The summed E-state index contributed by atoms with van der Waals surface area (Å²) < 4.78 is 0. The van der Waals surface area contributed by atoms with Crippen molar-refractivity contribution in [3.63, 3.8) is 0 Å². The predicted octanol–water partition coefficient (Wildman–Crippen LogP) is 2.59. The number of carboxylic acid groups (broad SMARTS) is 1. The average molecular weight is 264 g/mol. The van der Waals surface area contributed by atoms with E-state index < -0.39 is 5.97 Å². The highest BCUT2D eigenvalue weighted by Gasteiger charge is 2.40. The Labute approximate surface area is 111 Å². The molecule has 1 aromatic carbocycles.